The molecule has 134 valence electrons. The van der Waals surface area contributed by atoms with Crippen molar-refractivity contribution in [2.24, 2.45) is 0 Å². The van der Waals surface area contributed by atoms with Gasteiger partial charge in [0, 0.05) is 5.56 Å². The monoisotopic (exact) mass is 345 g/mol. The highest BCUT2D eigenvalue weighted by Gasteiger charge is 2.16. The number of carbonyl (C=O) groups is 1. The third-order valence-corrected chi connectivity index (χ3v) is 4.00. The van der Waals surface area contributed by atoms with Gasteiger partial charge in [0.25, 0.3) is 5.91 Å². The summed E-state index contributed by atoms with van der Waals surface area (Å²) in [7, 11) is 0. The lowest BCUT2D eigenvalue weighted by atomic mass is 9.98. The van der Waals surface area contributed by atoms with Gasteiger partial charge in [-0.1, -0.05) is 24.3 Å². The molecule has 0 aliphatic heterocycles. The topological polar surface area (TPSA) is 69.6 Å². The molecule has 2 aromatic carbocycles. The largest absolute Gasteiger partial charge is 0.394 e. The summed E-state index contributed by atoms with van der Waals surface area (Å²) in [4.78, 5) is 12.3. The van der Waals surface area contributed by atoms with E-state index < -0.39 is 11.6 Å². The number of rotatable bonds is 7. The Hall–Kier alpha value is -2.24. The molecule has 0 radical (unpaired) electrons. The number of nitrogens with one attached hydrogen (secondary N) is 1. The molecule has 3 N–H and O–H groups in total. The first-order valence-corrected chi connectivity index (χ1v) is 8.27. The number of halogens is 1. The van der Waals surface area contributed by atoms with Crippen molar-refractivity contribution in [2.75, 3.05) is 6.61 Å². The Morgan fingerprint density at radius 3 is 2.24 bits per heavy atom. The second-order valence-corrected chi connectivity index (χ2v) is 6.77. The van der Waals surface area contributed by atoms with Crippen LogP contribution in [0.25, 0.3) is 0 Å². The predicted octanol–water partition coefficient (Wildman–Crippen LogP) is 2.99. The second-order valence-electron chi connectivity index (χ2n) is 6.77. The molecule has 0 saturated heterocycles. The minimum atomic E-state index is -0.723. The van der Waals surface area contributed by atoms with Gasteiger partial charge in [0.1, 0.15) is 5.82 Å². The number of amides is 1. The van der Waals surface area contributed by atoms with Crippen LogP contribution in [0.1, 0.15) is 47.8 Å². The summed E-state index contributed by atoms with van der Waals surface area (Å²) < 4.78 is 13.0. The minimum Gasteiger partial charge on any atom is -0.394 e. The molecule has 0 aromatic heterocycles. The van der Waals surface area contributed by atoms with Crippen molar-refractivity contribution in [3.8, 4) is 0 Å². The second kappa shape index (κ2) is 8.23. The smallest absolute Gasteiger partial charge is 0.251 e. The molecule has 2 rings (SSSR count). The van der Waals surface area contributed by atoms with E-state index in [1.807, 2.05) is 12.1 Å². The fraction of sp³-hybridized carbons (Fsp3) is 0.350. The molecule has 0 bridgehead atoms. The molecule has 0 unspecified atom stereocenters. The van der Waals surface area contributed by atoms with Gasteiger partial charge in [-0.05, 0) is 62.1 Å². The van der Waals surface area contributed by atoms with Crippen molar-refractivity contribution < 1.29 is 19.4 Å². The molecular formula is C20H24FNO3. The fourth-order valence-electron chi connectivity index (χ4n) is 2.44. The summed E-state index contributed by atoms with van der Waals surface area (Å²) in [6.07, 6.45) is 1.36. The molecule has 0 saturated carbocycles. The SMILES string of the molecule is CC(C)(O)CCc1ccc(C(=O)N[C@@H](CO)c2ccc(F)cc2)cc1. The standard InChI is InChI=1S/C20H24FNO3/c1-20(2,25)12-11-14-3-5-16(6-4-14)19(24)22-18(13-23)15-7-9-17(21)10-8-15/h3-10,18,23,25H,11-13H2,1-2H3,(H,22,24)/t18-/m0/s1. The van der Waals surface area contributed by atoms with Gasteiger partial charge >= 0.3 is 0 Å². The molecule has 0 heterocycles. The van der Waals surface area contributed by atoms with Crippen LogP contribution < -0.4 is 5.32 Å². The summed E-state index contributed by atoms with van der Waals surface area (Å²) >= 11 is 0. The van der Waals surface area contributed by atoms with Gasteiger partial charge in [0.05, 0.1) is 18.2 Å². The number of carbonyl (C=O) groups excluding carboxylic acids is 1. The molecule has 0 spiro atoms. The minimum absolute atomic E-state index is 0.277. The Bertz CT molecular complexity index is 690. The molecule has 1 atom stereocenters. The number of hydrogen-bond donors (Lipinski definition) is 3. The fourth-order valence-corrected chi connectivity index (χ4v) is 2.44. The lowest BCUT2D eigenvalue weighted by molar-refractivity contribution is 0.0713. The van der Waals surface area contributed by atoms with E-state index in [2.05, 4.69) is 5.32 Å². The zero-order chi connectivity index (χ0) is 18.4. The average molecular weight is 345 g/mol. The quantitative estimate of drug-likeness (QED) is 0.722. The normalized spacial score (nSPS) is 12.7. The molecular weight excluding hydrogens is 321 g/mol. The Labute approximate surface area is 147 Å². The van der Waals surface area contributed by atoms with Crippen molar-refractivity contribution in [1.82, 2.24) is 5.32 Å². The number of aryl methyl sites for hydroxylation is 1. The van der Waals surface area contributed by atoms with Crippen LogP contribution in [0, 0.1) is 5.82 Å². The van der Waals surface area contributed by atoms with Crippen LogP contribution in [0.3, 0.4) is 0 Å². The maximum atomic E-state index is 13.0. The van der Waals surface area contributed by atoms with Crippen LogP contribution in [-0.4, -0.2) is 28.3 Å². The van der Waals surface area contributed by atoms with Crippen molar-refractivity contribution in [3.63, 3.8) is 0 Å². The van der Waals surface area contributed by atoms with Crippen LogP contribution in [0.15, 0.2) is 48.5 Å². The number of benzene rings is 2. The Morgan fingerprint density at radius 1 is 1.12 bits per heavy atom. The third kappa shape index (κ3) is 5.96. The summed E-state index contributed by atoms with van der Waals surface area (Å²) in [5, 5.41) is 22.0. The highest BCUT2D eigenvalue weighted by molar-refractivity contribution is 5.94. The van der Waals surface area contributed by atoms with Gasteiger partial charge in [-0.2, -0.15) is 0 Å². The third-order valence-electron chi connectivity index (χ3n) is 4.00. The van der Waals surface area contributed by atoms with E-state index in [1.54, 1.807) is 26.0 Å². The van der Waals surface area contributed by atoms with Crippen LogP contribution in [0.2, 0.25) is 0 Å². The number of hydrogen-bond acceptors (Lipinski definition) is 3. The molecule has 0 fully saturated rings. The molecule has 0 aliphatic rings. The summed E-state index contributed by atoms with van der Waals surface area (Å²) in [6.45, 7) is 3.25. The summed E-state index contributed by atoms with van der Waals surface area (Å²) in [6, 6.07) is 12.2. The zero-order valence-corrected chi connectivity index (χ0v) is 14.5. The first kappa shape index (κ1) is 19.1. The molecule has 4 nitrogen and oxygen atoms in total. The van der Waals surface area contributed by atoms with E-state index in [-0.39, 0.29) is 18.3 Å². The van der Waals surface area contributed by atoms with E-state index in [4.69, 9.17) is 0 Å². The summed E-state index contributed by atoms with van der Waals surface area (Å²) in [5.41, 5.74) is 1.43. The van der Waals surface area contributed by atoms with E-state index in [0.29, 0.717) is 17.5 Å². The highest BCUT2D eigenvalue weighted by Crippen LogP contribution is 2.16. The van der Waals surface area contributed by atoms with Crippen molar-refractivity contribution >= 4 is 5.91 Å². The van der Waals surface area contributed by atoms with Gasteiger partial charge < -0.3 is 15.5 Å². The Balaban J connectivity index is 2.00. The average Bonchev–Trinajstić information content (AvgIpc) is 2.58. The van der Waals surface area contributed by atoms with E-state index in [1.165, 1.54) is 24.3 Å². The van der Waals surface area contributed by atoms with Crippen molar-refractivity contribution in [3.05, 3.63) is 71.0 Å². The van der Waals surface area contributed by atoms with Gasteiger partial charge in [-0.25, -0.2) is 4.39 Å². The highest BCUT2D eigenvalue weighted by atomic mass is 19.1. The zero-order valence-electron chi connectivity index (χ0n) is 14.5. The van der Waals surface area contributed by atoms with E-state index in [9.17, 15) is 19.4 Å². The summed E-state index contributed by atoms with van der Waals surface area (Å²) in [5.74, 6) is -0.675. The lowest BCUT2D eigenvalue weighted by Gasteiger charge is -2.18. The predicted molar refractivity (Wildman–Crippen MR) is 94.8 cm³/mol. The first-order valence-electron chi connectivity index (χ1n) is 8.27. The van der Waals surface area contributed by atoms with Crippen LogP contribution >= 0.6 is 0 Å². The number of aliphatic hydroxyl groups is 2. The maximum absolute atomic E-state index is 13.0. The van der Waals surface area contributed by atoms with Crippen LogP contribution in [-0.2, 0) is 6.42 Å². The Morgan fingerprint density at radius 2 is 1.72 bits per heavy atom. The van der Waals surface area contributed by atoms with Gasteiger partial charge in [-0.15, -0.1) is 0 Å². The van der Waals surface area contributed by atoms with E-state index in [0.717, 1.165) is 12.0 Å². The van der Waals surface area contributed by atoms with Crippen molar-refractivity contribution in [2.45, 2.75) is 38.3 Å². The molecule has 25 heavy (non-hydrogen) atoms. The van der Waals surface area contributed by atoms with Crippen LogP contribution in [0.5, 0.6) is 0 Å². The number of aliphatic hydroxyl groups excluding tert-OH is 1. The lowest BCUT2D eigenvalue weighted by Crippen LogP contribution is -2.30. The van der Waals surface area contributed by atoms with Gasteiger partial charge in [0.15, 0.2) is 0 Å². The van der Waals surface area contributed by atoms with Gasteiger partial charge in [-0.3, -0.25) is 4.79 Å². The Kier molecular flexibility index (Phi) is 6.28. The molecule has 1 amide bonds. The molecule has 2 aromatic rings. The van der Waals surface area contributed by atoms with E-state index >= 15 is 0 Å². The molecule has 0 aliphatic carbocycles. The molecule has 5 heteroatoms. The van der Waals surface area contributed by atoms with Gasteiger partial charge in [0.2, 0.25) is 0 Å². The first-order chi connectivity index (χ1) is 11.8. The van der Waals surface area contributed by atoms with Crippen molar-refractivity contribution in [1.29, 1.82) is 0 Å². The van der Waals surface area contributed by atoms with Crippen LogP contribution in [0.4, 0.5) is 4.39 Å². The maximum Gasteiger partial charge on any atom is 0.251 e.